The molecule has 0 fully saturated rings. The molecule has 4 heteroatoms. The highest BCUT2D eigenvalue weighted by atomic mass is 35.5. The number of pyridine rings is 1. The van der Waals surface area contributed by atoms with Crippen molar-refractivity contribution in [2.75, 3.05) is 0 Å². The molecule has 0 spiro atoms. The zero-order chi connectivity index (χ0) is 11.4. The Labute approximate surface area is 104 Å². The van der Waals surface area contributed by atoms with Gasteiger partial charge in [0.1, 0.15) is 5.75 Å². The topological polar surface area (TPSA) is 22.1 Å². The lowest BCUT2D eigenvalue weighted by molar-refractivity contribution is 0.463. The van der Waals surface area contributed by atoms with Crippen LogP contribution in [0.5, 0.6) is 11.6 Å². The lowest BCUT2D eigenvalue weighted by atomic mass is 10.2. The van der Waals surface area contributed by atoms with Crippen LogP contribution in [-0.2, 0) is 5.88 Å². The van der Waals surface area contributed by atoms with Crippen molar-refractivity contribution >= 4 is 23.2 Å². The fourth-order valence-corrected chi connectivity index (χ4v) is 1.48. The maximum absolute atomic E-state index is 5.72. The molecule has 0 saturated carbocycles. The van der Waals surface area contributed by atoms with Gasteiger partial charge in [-0.15, -0.1) is 11.6 Å². The monoisotopic (exact) mass is 253 g/mol. The van der Waals surface area contributed by atoms with E-state index in [1.165, 1.54) is 0 Å². The van der Waals surface area contributed by atoms with Crippen LogP contribution in [0.25, 0.3) is 0 Å². The molecule has 2 aromatic rings. The Morgan fingerprint density at radius 1 is 1.06 bits per heavy atom. The summed E-state index contributed by atoms with van der Waals surface area (Å²) in [5.74, 6) is 1.74. The molecular weight excluding hydrogens is 245 g/mol. The van der Waals surface area contributed by atoms with Crippen molar-refractivity contribution in [3.05, 3.63) is 53.2 Å². The molecule has 0 aliphatic rings. The highest BCUT2D eigenvalue weighted by Crippen LogP contribution is 2.21. The summed E-state index contributed by atoms with van der Waals surface area (Å²) in [7, 11) is 0. The third-order valence-electron chi connectivity index (χ3n) is 2.00. The van der Waals surface area contributed by atoms with E-state index in [-0.39, 0.29) is 0 Å². The van der Waals surface area contributed by atoms with Gasteiger partial charge in [0.15, 0.2) is 0 Å². The Balaban J connectivity index is 2.11. The quantitative estimate of drug-likeness (QED) is 0.763. The first-order valence-electron chi connectivity index (χ1n) is 4.72. The van der Waals surface area contributed by atoms with Crippen LogP contribution >= 0.6 is 23.2 Å². The third-order valence-corrected chi connectivity index (χ3v) is 2.53. The van der Waals surface area contributed by atoms with Crippen molar-refractivity contribution in [2.45, 2.75) is 5.88 Å². The number of alkyl halides is 1. The van der Waals surface area contributed by atoms with Gasteiger partial charge in [0.2, 0.25) is 5.88 Å². The maximum atomic E-state index is 5.72. The Morgan fingerprint density at radius 3 is 2.38 bits per heavy atom. The van der Waals surface area contributed by atoms with Crippen LogP contribution in [0.15, 0.2) is 42.6 Å². The van der Waals surface area contributed by atoms with Crippen molar-refractivity contribution in [1.82, 2.24) is 4.98 Å². The molecule has 1 aromatic carbocycles. The molecule has 0 aliphatic carbocycles. The molecule has 0 unspecified atom stereocenters. The van der Waals surface area contributed by atoms with E-state index in [4.69, 9.17) is 27.9 Å². The molecular formula is C12H9Cl2NO. The van der Waals surface area contributed by atoms with Gasteiger partial charge in [-0.1, -0.05) is 23.7 Å². The van der Waals surface area contributed by atoms with Gasteiger partial charge < -0.3 is 4.74 Å². The number of aromatic nitrogens is 1. The summed E-state index contributed by atoms with van der Waals surface area (Å²) in [5.41, 5.74) is 1.05. The van der Waals surface area contributed by atoms with Gasteiger partial charge in [0.05, 0.1) is 5.02 Å². The second-order valence-electron chi connectivity index (χ2n) is 3.19. The van der Waals surface area contributed by atoms with E-state index in [9.17, 15) is 0 Å². The molecule has 0 aliphatic heterocycles. The van der Waals surface area contributed by atoms with Crippen LogP contribution < -0.4 is 4.74 Å². The predicted octanol–water partition coefficient (Wildman–Crippen LogP) is 4.27. The molecule has 0 amide bonds. The average Bonchev–Trinajstić information content (AvgIpc) is 2.33. The standard InChI is InChI=1S/C12H9Cl2NO/c13-7-9-1-4-11(5-2-9)16-12-6-3-10(14)8-15-12/h1-6,8H,7H2. The summed E-state index contributed by atoms with van der Waals surface area (Å²) in [6.45, 7) is 0. The van der Waals surface area contributed by atoms with Gasteiger partial charge >= 0.3 is 0 Å². The molecule has 2 rings (SSSR count). The molecule has 1 heterocycles. The Hall–Kier alpha value is -1.25. The third kappa shape index (κ3) is 2.87. The minimum Gasteiger partial charge on any atom is -0.439 e. The van der Waals surface area contributed by atoms with Crippen LogP contribution in [0, 0.1) is 0 Å². The highest BCUT2D eigenvalue weighted by Gasteiger charge is 1.98. The van der Waals surface area contributed by atoms with Crippen LogP contribution in [0.4, 0.5) is 0 Å². The molecule has 0 bridgehead atoms. The molecule has 0 atom stereocenters. The lowest BCUT2D eigenvalue weighted by Gasteiger charge is -2.04. The summed E-state index contributed by atoms with van der Waals surface area (Å²) < 4.78 is 5.52. The number of hydrogen-bond acceptors (Lipinski definition) is 2. The SMILES string of the molecule is ClCc1ccc(Oc2ccc(Cl)cn2)cc1. The lowest BCUT2D eigenvalue weighted by Crippen LogP contribution is -1.87. The van der Waals surface area contributed by atoms with E-state index in [0.717, 1.165) is 11.3 Å². The fourth-order valence-electron chi connectivity index (χ4n) is 1.19. The van der Waals surface area contributed by atoms with Crippen LogP contribution in [0.3, 0.4) is 0 Å². The predicted molar refractivity (Wildman–Crippen MR) is 65.3 cm³/mol. The van der Waals surface area contributed by atoms with Crippen molar-refractivity contribution in [1.29, 1.82) is 0 Å². The van der Waals surface area contributed by atoms with Gasteiger partial charge in [-0.3, -0.25) is 0 Å². The molecule has 0 N–H and O–H groups in total. The van der Waals surface area contributed by atoms with Crippen LogP contribution in [0.1, 0.15) is 5.56 Å². The maximum Gasteiger partial charge on any atom is 0.219 e. The van der Waals surface area contributed by atoms with E-state index in [1.807, 2.05) is 24.3 Å². The molecule has 0 saturated heterocycles. The van der Waals surface area contributed by atoms with Crippen LogP contribution in [-0.4, -0.2) is 4.98 Å². The van der Waals surface area contributed by atoms with Crippen LogP contribution in [0.2, 0.25) is 5.02 Å². The Morgan fingerprint density at radius 2 is 1.81 bits per heavy atom. The number of hydrogen-bond donors (Lipinski definition) is 0. The zero-order valence-electron chi connectivity index (χ0n) is 8.36. The molecule has 82 valence electrons. The van der Waals surface area contributed by atoms with Gasteiger partial charge in [0.25, 0.3) is 0 Å². The van der Waals surface area contributed by atoms with E-state index < -0.39 is 0 Å². The van der Waals surface area contributed by atoms with Gasteiger partial charge in [-0.25, -0.2) is 4.98 Å². The first-order valence-corrected chi connectivity index (χ1v) is 5.63. The molecule has 2 nitrogen and oxygen atoms in total. The molecule has 16 heavy (non-hydrogen) atoms. The first-order chi connectivity index (χ1) is 7.78. The number of nitrogens with zero attached hydrogens (tertiary/aromatic N) is 1. The van der Waals surface area contributed by atoms with Crippen molar-refractivity contribution < 1.29 is 4.74 Å². The summed E-state index contributed by atoms with van der Waals surface area (Å²) in [6.07, 6.45) is 1.55. The summed E-state index contributed by atoms with van der Waals surface area (Å²) in [4.78, 5) is 4.04. The minimum atomic E-state index is 0.499. The number of halogens is 2. The first kappa shape index (κ1) is 11.2. The second-order valence-corrected chi connectivity index (χ2v) is 3.90. The van der Waals surface area contributed by atoms with E-state index in [1.54, 1.807) is 18.3 Å². The van der Waals surface area contributed by atoms with Gasteiger partial charge in [0, 0.05) is 18.1 Å². The summed E-state index contributed by atoms with van der Waals surface area (Å²) in [6, 6.07) is 11.0. The fraction of sp³-hybridized carbons (Fsp3) is 0.0833. The van der Waals surface area contributed by atoms with E-state index >= 15 is 0 Å². The van der Waals surface area contributed by atoms with Crippen molar-refractivity contribution in [2.24, 2.45) is 0 Å². The number of rotatable bonds is 3. The van der Waals surface area contributed by atoms with E-state index in [0.29, 0.717) is 16.8 Å². The Kier molecular flexibility index (Phi) is 3.65. The zero-order valence-corrected chi connectivity index (χ0v) is 9.87. The van der Waals surface area contributed by atoms with Crippen molar-refractivity contribution in [3.63, 3.8) is 0 Å². The largest absolute Gasteiger partial charge is 0.439 e. The van der Waals surface area contributed by atoms with Crippen molar-refractivity contribution in [3.8, 4) is 11.6 Å². The second kappa shape index (κ2) is 5.19. The smallest absolute Gasteiger partial charge is 0.219 e. The summed E-state index contributed by atoms with van der Waals surface area (Å²) in [5, 5.41) is 0.588. The highest BCUT2D eigenvalue weighted by molar-refractivity contribution is 6.30. The Bertz CT molecular complexity index is 453. The van der Waals surface area contributed by atoms with Gasteiger partial charge in [-0.2, -0.15) is 0 Å². The molecule has 1 aromatic heterocycles. The van der Waals surface area contributed by atoms with E-state index in [2.05, 4.69) is 4.98 Å². The molecule has 0 radical (unpaired) electrons. The summed E-state index contributed by atoms with van der Waals surface area (Å²) >= 11 is 11.4. The normalized spacial score (nSPS) is 10.1. The number of benzene rings is 1. The van der Waals surface area contributed by atoms with Gasteiger partial charge in [-0.05, 0) is 23.8 Å². The minimum absolute atomic E-state index is 0.499. The average molecular weight is 254 g/mol. The number of ether oxygens (including phenoxy) is 1.